The number of ether oxygens (including phenoxy) is 1. The van der Waals surface area contributed by atoms with Crippen molar-refractivity contribution in [3.8, 4) is 0 Å². The Bertz CT molecular complexity index is 1300. The summed E-state index contributed by atoms with van der Waals surface area (Å²) in [6.07, 6.45) is -0.152. The van der Waals surface area contributed by atoms with Gasteiger partial charge >= 0.3 is 6.09 Å². The first-order chi connectivity index (χ1) is 18.4. The average molecular weight is 555 g/mol. The molecule has 1 saturated heterocycles. The molecule has 2 atom stereocenters. The Labute approximate surface area is 231 Å². The molecule has 0 saturated carbocycles. The summed E-state index contributed by atoms with van der Waals surface area (Å²) in [4.78, 5) is 63.6. The summed E-state index contributed by atoms with van der Waals surface area (Å²) < 4.78 is 5.29. The average Bonchev–Trinajstić information content (AvgIpc) is 3.18. The van der Waals surface area contributed by atoms with Crippen LogP contribution < -0.4 is 16.0 Å². The van der Waals surface area contributed by atoms with E-state index in [0.29, 0.717) is 16.1 Å². The lowest BCUT2D eigenvalue weighted by Gasteiger charge is -2.29. The molecular weight excluding hydrogens is 524 g/mol. The number of alkyl carbamates (subject to hydrolysis) is 1. The molecule has 5 amide bonds. The number of piperidine rings is 1. The second-order valence-electron chi connectivity index (χ2n) is 10.6. The van der Waals surface area contributed by atoms with E-state index < -0.39 is 29.6 Å². The molecule has 0 radical (unpaired) electrons. The fourth-order valence-corrected chi connectivity index (χ4v) is 4.73. The van der Waals surface area contributed by atoms with E-state index in [-0.39, 0.29) is 50.2 Å². The van der Waals surface area contributed by atoms with Crippen molar-refractivity contribution in [2.24, 2.45) is 0 Å². The van der Waals surface area contributed by atoms with E-state index in [1.54, 1.807) is 57.2 Å². The number of hydrogen-bond acceptors (Lipinski definition) is 6. The minimum atomic E-state index is -0.700. The first kappa shape index (κ1) is 28.1. The van der Waals surface area contributed by atoms with Crippen molar-refractivity contribution < 1.29 is 28.7 Å². The highest BCUT2D eigenvalue weighted by Crippen LogP contribution is 2.28. The van der Waals surface area contributed by atoms with Gasteiger partial charge in [-0.25, -0.2) is 4.79 Å². The van der Waals surface area contributed by atoms with Crippen molar-refractivity contribution in [1.29, 1.82) is 0 Å². The van der Waals surface area contributed by atoms with Gasteiger partial charge in [-0.15, -0.1) is 0 Å². The Morgan fingerprint density at radius 3 is 2.49 bits per heavy atom. The maximum absolute atomic E-state index is 13.2. The Morgan fingerprint density at radius 1 is 1.10 bits per heavy atom. The molecular formula is C28H31ClN4O6. The third-order valence-corrected chi connectivity index (χ3v) is 6.74. The van der Waals surface area contributed by atoms with Gasteiger partial charge in [0, 0.05) is 36.6 Å². The molecule has 2 heterocycles. The first-order valence-electron chi connectivity index (χ1n) is 12.7. The lowest BCUT2D eigenvalue weighted by Crippen LogP contribution is -2.52. The molecule has 1 unspecified atom stereocenters. The van der Waals surface area contributed by atoms with Gasteiger partial charge in [-0.2, -0.15) is 0 Å². The van der Waals surface area contributed by atoms with Gasteiger partial charge in [-0.1, -0.05) is 35.9 Å². The summed E-state index contributed by atoms with van der Waals surface area (Å²) in [6.45, 7) is 5.71. The van der Waals surface area contributed by atoms with Gasteiger partial charge in [0.25, 0.3) is 5.91 Å². The molecule has 4 rings (SSSR count). The quantitative estimate of drug-likeness (QED) is 0.450. The third kappa shape index (κ3) is 6.94. The number of imide groups is 1. The Balaban J connectivity index is 1.42. The molecule has 2 aliphatic rings. The highest BCUT2D eigenvalue weighted by Gasteiger charge is 2.39. The minimum absolute atomic E-state index is 0.0159. The molecule has 0 spiro atoms. The second kappa shape index (κ2) is 11.4. The molecule has 206 valence electrons. The van der Waals surface area contributed by atoms with Crippen LogP contribution in [0.3, 0.4) is 0 Å². The summed E-state index contributed by atoms with van der Waals surface area (Å²) in [5, 5.41) is 8.39. The molecule has 1 fully saturated rings. The lowest BCUT2D eigenvalue weighted by atomic mass is 9.98. The van der Waals surface area contributed by atoms with Crippen molar-refractivity contribution in [3.05, 3.63) is 69.7 Å². The SMILES string of the molecule is CC(C)(C)OC(=O)NC[C@H](C(=O)NCc1ccc2c(c1)CN(C1CCC(=O)NC1=O)C2=O)c1ccc(Cl)cc1. The van der Waals surface area contributed by atoms with Crippen LogP contribution in [0.2, 0.25) is 5.02 Å². The molecule has 2 aromatic rings. The first-order valence-corrected chi connectivity index (χ1v) is 13.1. The topological polar surface area (TPSA) is 134 Å². The standard InChI is InChI=1S/C28H31ClN4O6/c1-28(2,3)39-27(38)31-14-21(17-5-7-19(29)8-6-17)24(35)30-13-16-4-9-20-18(12-16)15-33(26(20)37)22-10-11-23(34)32-25(22)36/h4-9,12,21-22H,10-11,13-15H2,1-3H3,(H,30,35)(H,31,38)(H,32,34,36)/t21-,22?/m0/s1. The van der Waals surface area contributed by atoms with Crippen molar-refractivity contribution in [2.75, 3.05) is 6.54 Å². The van der Waals surface area contributed by atoms with Crippen LogP contribution in [-0.2, 0) is 32.2 Å². The van der Waals surface area contributed by atoms with Crippen LogP contribution in [0.1, 0.15) is 66.6 Å². The normalized spacial score (nSPS) is 17.8. The predicted octanol–water partition coefficient (Wildman–Crippen LogP) is 3.03. The maximum Gasteiger partial charge on any atom is 0.407 e. The van der Waals surface area contributed by atoms with Crippen molar-refractivity contribution in [3.63, 3.8) is 0 Å². The van der Waals surface area contributed by atoms with Crippen LogP contribution in [0.4, 0.5) is 4.79 Å². The van der Waals surface area contributed by atoms with Gasteiger partial charge in [0.2, 0.25) is 17.7 Å². The molecule has 0 aromatic heterocycles. The molecule has 10 nitrogen and oxygen atoms in total. The van der Waals surface area contributed by atoms with E-state index in [0.717, 1.165) is 11.1 Å². The van der Waals surface area contributed by atoms with E-state index in [1.165, 1.54) is 4.90 Å². The van der Waals surface area contributed by atoms with E-state index >= 15 is 0 Å². The van der Waals surface area contributed by atoms with Crippen molar-refractivity contribution in [1.82, 2.24) is 20.9 Å². The number of rotatable bonds is 7. The van der Waals surface area contributed by atoms with Gasteiger partial charge in [-0.3, -0.25) is 24.5 Å². The number of nitrogens with one attached hydrogen (secondary N) is 3. The molecule has 0 aliphatic carbocycles. The predicted molar refractivity (Wildman–Crippen MR) is 143 cm³/mol. The van der Waals surface area contributed by atoms with Crippen molar-refractivity contribution >= 4 is 41.3 Å². The summed E-state index contributed by atoms with van der Waals surface area (Å²) in [7, 11) is 0. The van der Waals surface area contributed by atoms with Crippen LogP contribution >= 0.6 is 11.6 Å². The molecule has 39 heavy (non-hydrogen) atoms. The highest BCUT2D eigenvalue weighted by atomic mass is 35.5. The lowest BCUT2D eigenvalue weighted by molar-refractivity contribution is -0.137. The molecule has 11 heteroatoms. The zero-order valence-electron chi connectivity index (χ0n) is 22.0. The van der Waals surface area contributed by atoms with Crippen molar-refractivity contribution in [2.45, 2.75) is 64.3 Å². The molecule has 3 N–H and O–H groups in total. The van der Waals surface area contributed by atoms with E-state index in [9.17, 15) is 24.0 Å². The maximum atomic E-state index is 13.2. The van der Waals surface area contributed by atoms with Gasteiger partial charge in [-0.05, 0) is 62.1 Å². The van der Waals surface area contributed by atoms with Gasteiger partial charge in [0.15, 0.2) is 0 Å². The highest BCUT2D eigenvalue weighted by molar-refractivity contribution is 6.30. The number of nitrogens with zero attached hydrogens (tertiary/aromatic N) is 1. The smallest absolute Gasteiger partial charge is 0.407 e. The van der Waals surface area contributed by atoms with Crippen LogP contribution in [-0.4, -0.2) is 52.8 Å². The number of carbonyl (C=O) groups excluding carboxylic acids is 5. The second-order valence-corrected chi connectivity index (χ2v) is 11.0. The Morgan fingerprint density at radius 2 is 1.82 bits per heavy atom. The Kier molecular flexibility index (Phi) is 8.25. The van der Waals surface area contributed by atoms with E-state index in [2.05, 4.69) is 16.0 Å². The summed E-state index contributed by atoms with van der Waals surface area (Å²) in [5.74, 6) is -2.07. The largest absolute Gasteiger partial charge is 0.444 e. The fraction of sp³-hybridized carbons (Fsp3) is 0.393. The van der Waals surface area contributed by atoms with Gasteiger partial charge in [0.1, 0.15) is 11.6 Å². The number of fused-ring (bicyclic) bond motifs is 1. The zero-order valence-corrected chi connectivity index (χ0v) is 22.8. The molecule has 2 aliphatic heterocycles. The fourth-order valence-electron chi connectivity index (χ4n) is 4.61. The number of carbonyl (C=O) groups is 5. The van der Waals surface area contributed by atoms with Crippen LogP contribution in [0.5, 0.6) is 0 Å². The number of amides is 5. The van der Waals surface area contributed by atoms with Crippen LogP contribution in [0.15, 0.2) is 42.5 Å². The van der Waals surface area contributed by atoms with E-state index in [4.69, 9.17) is 16.3 Å². The number of benzene rings is 2. The molecule has 2 aromatic carbocycles. The number of hydrogen-bond donors (Lipinski definition) is 3. The summed E-state index contributed by atoms with van der Waals surface area (Å²) in [6, 6.07) is 11.4. The number of halogens is 1. The van der Waals surface area contributed by atoms with Crippen LogP contribution in [0.25, 0.3) is 0 Å². The van der Waals surface area contributed by atoms with Crippen LogP contribution in [0, 0.1) is 0 Å². The summed E-state index contributed by atoms with van der Waals surface area (Å²) in [5.41, 5.74) is 2.01. The minimum Gasteiger partial charge on any atom is -0.444 e. The summed E-state index contributed by atoms with van der Waals surface area (Å²) >= 11 is 6.01. The van der Waals surface area contributed by atoms with Gasteiger partial charge in [0.05, 0.1) is 5.92 Å². The van der Waals surface area contributed by atoms with E-state index in [1.807, 2.05) is 6.07 Å². The third-order valence-electron chi connectivity index (χ3n) is 6.49. The Hall–Kier alpha value is -3.92. The molecule has 0 bridgehead atoms. The zero-order chi connectivity index (χ0) is 28.3. The van der Waals surface area contributed by atoms with Gasteiger partial charge < -0.3 is 20.3 Å². The monoisotopic (exact) mass is 554 g/mol.